The molecule has 0 aliphatic heterocycles. The van der Waals surface area contributed by atoms with Crippen molar-refractivity contribution in [3.05, 3.63) is 47.3 Å². The number of benzene rings is 1. The molecule has 0 saturated heterocycles. The molecule has 0 spiro atoms. The highest BCUT2D eigenvalue weighted by atomic mass is 35.6. The summed E-state index contributed by atoms with van der Waals surface area (Å²) in [7, 11) is 0. The average molecular weight is 401 g/mol. The van der Waals surface area contributed by atoms with E-state index in [1.807, 2.05) is 12.1 Å². The van der Waals surface area contributed by atoms with E-state index < -0.39 is 3.79 Å². The number of hydrogen-bond donors (Lipinski definition) is 1. The molecule has 2 rings (SSSR count). The number of anilines is 1. The van der Waals surface area contributed by atoms with E-state index in [1.54, 1.807) is 6.08 Å². The lowest BCUT2D eigenvalue weighted by Crippen LogP contribution is -2.22. The van der Waals surface area contributed by atoms with Crippen molar-refractivity contribution in [2.75, 3.05) is 18.0 Å². The minimum absolute atomic E-state index is 0.0862. The van der Waals surface area contributed by atoms with Crippen molar-refractivity contribution < 1.29 is 0 Å². The van der Waals surface area contributed by atoms with Crippen molar-refractivity contribution in [1.82, 2.24) is 15.0 Å². The second-order valence-electron chi connectivity index (χ2n) is 5.26. The van der Waals surface area contributed by atoms with Crippen LogP contribution in [0, 0.1) is 0 Å². The van der Waals surface area contributed by atoms with Crippen LogP contribution in [-0.4, -0.2) is 28.0 Å². The summed E-state index contributed by atoms with van der Waals surface area (Å²) in [4.78, 5) is 14.4. The van der Waals surface area contributed by atoms with Gasteiger partial charge >= 0.3 is 0 Å². The fourth-order valence-corrected chi connectivity index (χ4v) is 2.68. The van der Waals surface area contributed by atoms with E-state index in [1.165, 1.54) is 6.33 Å². The fourth-order valence-electron chi connectivity index (χ4n) is 2.41. The van der Waals surface area contributed by atoms with Gasteiger partial charge in [-0.2, -0.15) is 0 Å². The van der Waals surface area contributed by atoms with Gasteiger partial charge in [0.15, 0.2) is 11.6 Å². The van der Waals surface area contributed by atoms with Crippen LogP contribution in [-0.2, 0) is 10.3 Å². The highest BCUT2D eigenvalue weighted by Crippen LogP contribution is 2.35. The number of aromatic nitrogens is 3. The van der Waals surface area contributed by atoms with E-state index in [-0.39, 0.29) is 5.82 Å². The van der Waals surface area contributed by atoms with Gasteiger partial charge in [-0.3, -0.25) is 0 Å². The molecule has 5 nitrogen and oxygen atoms in total. The third-order valence-electron chi connectivity index (χ3n) is 3.73. The Morgan fingerprint density at radius 1 is 1.12 bits per heavy atom. The molecular formula is C17H20Cl3N5. The molecule has 0 radical (unpaired) electrons. The second-order valence-corrected chi connectivity index (χ2v) is 7.54. The minimum Gasteiger partial charge on any atom is -0.372 e. The van der Waals surface area contributed by atoms with Crippen LogP contribution in [0.2, 0.25) is 0 Å². The summed E-state index contributed by atoms with van der Waals surface area (Å²) >= 11 is 17.4. The van der Waals surface area contributed by atoms with Gasteiger partial charge in [-0.25, -0.2) is 15.0 Å². The Morgan fingerprint density at radius 2 is 1.84 bits per heavy atom. The third-order valence-corrected chi connectivity index (χ3v) is 4.24. The van der Waals surface area contributed by atoms with Gasteiger partial charge in [-0.1, -0.05) is 46.9 Å². The number of rotatable bonds is 6. The van der Waals surface area contributed by atoms with Gasteiger partial charge in [0.1, 0.15) is 6.33 Å². The quantitative estimate of drug-likeness (QED) is 0.737. The summed E-state index contributed by atoms with van der Waals surface area (Å²) < 4.78 is -1.68. The molecule has 25 heavy (non-hydrogen) atoms. The summed E-state index contributed by atoms with van der Waals surface area (Å²) in [5.41, 5.74) is 9.09. The Hall–Kier alpha value is -1.40. The smallest absolute Gasteiger partial charge is 0.250 e. The summed E-state index contributed by atoms with van der Waals surface area (Å²) in [6, 6.07) is 6.21. The SMILES string of the molecule is CCN(CC)c1ccc(C=Cc2ncnc(C(Cl)(Cl)Cl)n2)c(CN)c1. The first-order chi connectivity index (χ1) is 11.9. The maximum absolute atomic E-state index is 5.91. The maximum atomic E-state index is 5.91. The lowest BCUT2D eigenvalue weighted by atomic mass is 10.1. The number of hydrogen-bond acceptors (Lipinski definition) is 5. The lowest BCUT2D eigenvalue weighted by molar-refractivity contribution is 0.864. The molecule has 2 aromatic rings. The Balaban J connectivity index is 2.29. The predicted molar refractivity (Wildman–Crippen MR) is 106 cm³/mol. The van der Waals surface area contributed by atoms with E-state index in [2.05, 4.69) is 45.8 Å². The first kappa shape index (κ1) is 19.9. The van der Waals surface area contributed by atoms with Crippen LogP contribution >= 0.6 is 34.8 Å². The van der Waals surface area contributed by atoms with Crippen LogP contribution in [0.15, 0.2) is 24.5 Å². The molecule has 0 unspecified atom stereocenters. The Bertz CT molecular complexity index is 739. The average Bonchev–Trinajstić information content (AvgIpc) is 2.61. The van der Waals surface area contributed by atoms with Crippen LogP contribution in [0.25, 0.3) is 12.2 Å². The molecule has 134 valence electrons. The van der Waals surface area contributed by atoms with E-state index in [4.69, 9.17) is 40.5 Å². The predicted octanol–water partition coefficient (Wildman–Crippen LogP) is 4.17. The van der Waals surface area contributed by atoms with Crippen LogP contribution in [0.3, 0.4) is 0 Å². The number of alkyl halides is 3. The van der Waals surface area contributed by atoms with Crippen molar-refractivity contribution in [3.63, 3.8) is 0 Å². The standard InChI is InChI=1S/C17H20Cl3N5/c1-3-25(4-2)14-7-5-12(13(9-14)10-21)6-8-15-22-11-23-16(24-15)17(18,19)20/h5-9,11H,3-4,10,21H2,1-2H3. The first-order valence-corrected chi connectivity index (χ1v) is 9.04. The summed E-state index contributed by atoms with van der Waals surface area (Å²) in [5, 5.41) is 0. The molecule has 0 saturated carbocycles. The van der Waals surface area contributed by atoms with Crippen LogP contribution in [0.4, 0.5) is 5.69 Å². The largest absolute Gasteiger partial charge is 0.372 e. The maximum Gasteiger partial charge on any atom is 0.250 e. The van der Waals surface area contributed by atoms with Crippen molar-refractivity contribution in [1.29, 1.82) is 0 Å². The molecule has 1 aromatic carbocycles. The van der Waals surface area contributed by atoms with Gasteiger partial charge in [-0.05, 0) is 43.2 Å². The molecule has 0 bridgehead atoms. The minimum atomic E-state index is -1.68. The van der Waals surface area contributed by atoms with Gasteiger partial charge < -0.3 is 10.6 Å². The Kier molecular flexibility index (Phi) is 7.02. The number of halogens is 3. The zero-order valence-electron chi connectivity index (χ0n) is 14.1. The molecule has 8 heteroatoms. The van der Waals surface area contributed by atoms with Crippen molar-refractivity contribution in [3.8, 4) is 0 Å². The molecular weight excluding hydrogens is 381 g/mol. The molecule has 0 atom stereocenters. The van der Waals surface area contributed by atoms with Gasteiger partial charge in [0.25, 0.3) is 0 Å². The molecule has 0 fully saturated rings. The van der Waals surface area contributed by atoms with Crippen LogP contribution < -0.4 is 10.6 Å². The second kappa shape index (κ2) is 8.81. The van der Waals surface area contributed by atoms with Gasteiger partial charge in [0, 0.05) is 25.3 Å². The van der Waals surface area contributed by atoms with Crippen LogP contribution in [0.1, 0.15) is 36.6 Å². The fraction of sp³-hybridized carbons (Fsp3) is 0.353. The number of nitrogens with zero attached hydrogens (tertiary/aromatic N) is 4. The van der Waals surface area contributed by atoms with E-state index in [0.29, 0.717) is 12.4 Å². The molecule has 0 aliphatic rings. The van der Waals surface area contributed by atoms with Crippen molar-refractivity contribution in [2.45, 2.75) is 24.2 Å². The summed E-state index contributed by atoms with van der Waals surface area (Å²) in [6.07, 6.45) is 4.95. The van der Waals surface area contributed by atoms with Gasteiger partial charge in [0.05, 0.1) is 0 Å². The van der Waals surface area contributed by atoms with Crippen molar-refractivity contribution >= 4 is 52.6 Å². The molecule has 0 amide bonds. The highest BCUT2D eigenvalue weighted by molar-refractivity contribution is 6.66. The van der Waals surface area contributed by atoms with Gasteiger partial charge in [-0.15, -0.1) is 0 Å². The number of nitrogens with two attached hydrogens (primary N) is 1. The highest BCUT2D eigenvalue weighted by Gasteiger charge is 2.26. The monoisotopic (exact) mass is 399 g/mol. The Labute approximate surface area is 162 Å². The molecule has 1 aromatic heterocycles. The zero-order valence-corrected chi connectivity index (χ0v) is 16.4. The van der Waals surface area contributed by atoms with E-state index in [9.17, 15) is 0 Å². The lowest BCUT2D eigenvalue weighted by Gasteiger charge is -2.22. The summed E-state index contributed by atoms with van der Waals surface area (Å²) in [6.45, 7) is 6.58. The Morgan fingerprint density at radius 3 is 2.44 bits per heavy atom. The topological polar surface area (TPSA) is 67.9 Å². The summed E-state index contributed by atoms with van der Waals surface area (Å²) in [5.74, 6) is 0.496. The molecule has 2 N–H and O–H groups in total. The van der Waals surface area contributed by atoms with E-state index in [0.717, 1.165) is 29.9 Å². The van der Waals surface area contributed by atoms with Crippen molar-refractivity contribution in [2.24, 2.45) is 5.73 Å². The van der Waals surface area contributed by atoms with Crippen LogP contribution in [0.5, 0.6) is 0 Å². The molecule has 0 aliphatic carbocycles. The first-order valence-electron chi connectivity index (χ1n) is 7.91. The normalized spacial score (nSPS) is 11.9. The van der Waals surface area contributed by atoms with Gasteiger partial charge in [0.2, 0.25) is 3.79 Å². The van der Waals surface area contributed by atoms with E-state index >= 15 is 0 Å². The zero-order chi connectivity index (χ0) is 18.4. The molecule has 1 heterocycles. The third kappa shape index (κ3) is 5.28.